The fourth-order valence-corrected chi connectivity index (χ4v) is 4.13. The summed E-state index contributed by atoms with van der Waals surface area (Å²) >= 11 is 0. The molecule has 10 heteroatoms. The van der Waals surface area contributed by atoms with Gasteiger partial charge in [0.05, 0.1) is 11.7 Å². The molecule has 1 amide bonds. The third kappa shape index (κ3) is 5.10. The molecule has 1 atom stereocenters. The lowest BCUT2D eigenvalue weighted by atomic mass is 9.99. The van der Waals surface area contributed by atoms with Gasteiger partial charge in [-0.25, -0.2) is 0 Å². The van der Waals surface area contributed by atoms with E-state index in [4.69, 9.17) is 5.73 Å². The molecule has 6 nitrogen and oxygen atoms in total. The first-order valence-electron chi connectivity index (χ1n) is 10.4. The van der Waals surface area contributed by atoms with Gasteiger partial charge in [-0.05, 0) is 49.2 Å². The summed E-state index contributed by atoms with van der Waals surface area (Å²) in [5.74, 6) is -0.722. The molecule has 0 saturated carbocycles. The molecule has 1 aromatic heterocycles. The van der Waals surface area contributed by atoms with Crippen LogP contribution in [-0.2, 0) is 0 Å². The van der Waals surface area contributed by atoms with Gasteiger partial charge in [-0.2, -0.15) is 0 Å². The Morgan fingerprint density at radius 2 is 1.85 bits per heavy atom. The third-order valence-electron chi connectivity index (χ3n) is 5.58. The van der Waals surface area contributed by atoms with Crippen molar-refractivity contribution in [1.82, 2.24) is 9.88 Å². The van der Waals surface area contributed by atoms with Crippen LogP contribution in [0.25, 0.3) is 22.4 Å². The molecule has 1 aliphatic heterocycles. The number of carbonyl (C=O) groups excluding carboxylic acids is 2. The summed E-state index contributed by atoms with van der Waals surface area (Å²) < 4.78 is 44.3. The monoisotopic (exact) mass is 493 g/mol. The molecular weight excluding hydrogens is 471 g/mol. The Kier molecular flexibility index (Phi) is 7.38. The van der Waals surface area contributed by atoms with Gasteiger partial charge < -0.3 is 20.4 Å². The number of aromatic nitrogens is 1. The van der Waals surface area contributed by atoms with Crippen LogP contribution in [0.1, 0.15) is 40.2 Å². The van der Waals surface area contributed by atoms with Crippen molar-refractivity contribution in [1.29, 1.82) is 0 Å². The van der Waals surface area contributed by atoms with Crippen molar-refractivity contribution in [3.05, 3.63) is 65.9 Å². The van der Waals surface area contributed by atoms with Crippen LogP contribution < -0.4 is 15.8 Å². The molecule has 0 fully saturated rings. The molecule has 4 rings (SSSR count). The summed E-state index contributed by atoms with van der Waals surface area (Å²) in [7, 11) is 0. The standard InChI is InChI=1S/C24H22F3N3O3.ClH/c1-14(31)15-5-7-16(8-6-15)22-20(17-3-2-4-19(11-17)33-24(25,26)27)12-21-23(32)29-13-18(9-10-28)30(21)22;/h2-8,11-12,18H,9-10,13,28H2,1H3,(H,29,32);1H/t18-;/m0./s1. The Morgan fingerprint density at radius 3 is 2.47 bits per heavy atom. The van der Waals surface area contributed by atoms with E-state index in [1.807, 2.05) is 4.57 Å². The van der Waals surface area contributed by atoms with Gasteiger partial charge in [0.1, 0.15) is 11.4 Å². The fourth-order valence-electron chi connectivity index (χ4n) is 4.13. The molecule has 1 aliphatic rings. The highest BCUT2D eigenvalue weighted by molar-refractivity contribution is 5.99. The lowest BCUT2D eigenvalue weighted by Gasteiger charge is -2.28. The zero-order valence-electron chi connectivity index (χ0n) is 18.2. The molecule has 2 heterocycles. The number of amides is 1. The second-order valence-corrected chi connectivity index (χ2v) is 7.81. The molecule has 0 saturated heterocycles. The minimum absolute atomic E-state index is 0. The van der Waals surface area contributed by atoms with Crippen molar-refractivity contribution >= 4 is 24.1 Å². The van der Waals surface area contributed by atoms with Crippen LogP contribution >= 0.6 is 12.4 Å². The van der Waals surface area contributed by atoms with Gasteiger partial charge in [-0.3, -0.25) is 9.59 Å². The van der Waals surface area contributed by atoms with E-state index in [9.17, 15) is 22.8 Å². The van der Waals surface area contributed by atoms with Crippen LogP contribution in [0.5, 0.6) is 5.75 Å². The number of nitrogens with one attached hydrogen (secondary N) is 1. The molecule has 3 N–H and O–H groups in total. The molecule has 0 aliphatic carbocycles. The van der Waals surface area contributed by atoms with Crippen LogP contribution in [0.4, 0.5) is 13.2 Å². The Hall–Kier alpha value is -3.30. The fraction of sp³-hybridized carbons (Fsp3) is 0.250. The number of hydrogen-bond acceptors (Lipinski definition) is 4. The first-order chi connectivity index (χ1) is 15.7. The van der Waals surface area contributed by atoms with Crippen molar-refractivity contribution in [2.45, 2.75) is 25.7 Å². The molecule has 0 radical (unpaired) electrons. The van der Waals surface area contributed by atoms with Crippen molar-refractivity contribution in [3.63, 3.8) is 0 Å². The quantitative estimate of drug-likeness (QED) is 0.474. The lowest BCUT2D eigenvalue weighted by molar-refractivity contribution is -0.274. The van der Waals surface area contributed by atoms with E-state index in [-0.39, 0.29) is 35.9 Å². The summed E-state index contributed by atoms with van der Waals surface area (Å²) in [6.07, 6.45) is -4.23. The first-order valence-corrected chi connectivity index (χ1v) is 10.4. The molecule has 0 spiro atoms. The molecule has 0 unspecified atom stereocenters. The predicted octanol–water partition coefficient (Wildman–Crippen LogP) is 4.98. The zero-order valence-corrected chi connectivity index (χ0v) is 19.0. The number of hydrogen-bond donors (Lipinski definition) is 2. The Balaban J connectivity index is 0.00000324. The minimum Gasteiger partial charge on any atom is -0.406 e. The molecule has 3 aromatic rings. The Morgan fingerprint density at radius 1 is 1.15 bits per heavy atom. The highest BCUT2D eigenvalue weighted by atomic mass is 35.5. The largest absolute Gasteiger partial charge is 0.573 e. The number of nitrogens with two attached hydrogens (primary N) is 1. The van der Waals surface area contributed by atoms with Gasteiger partial charge >= 0.3 is 6.36 Å². The summed E-state index contributed by atoms with van der Waals surface area (Å²) in [6.45, 7) is 2.24. The average molecular weight is 494 g/mol. The van der Waals surface area contributed by atoms with Gasteiger partial charge in [-0.15, -0.1) is 25.6 Å². The highest BCUT2D eigenvalue weighted by Crippen LogP contribution is 2.40. The van der Waals surface area contributed by atoms with Gasteiger partial charge in [0.15, 0.2) is 5.78 Å². The second-order valence-electron chi connectivity index (χ2n) is 7.81. The van der Waals surface area contributed by atoms with Crippen molar-refractivity contribution in [2.24, 2.45) is 5.73 Å². The normalized spacial score (nSPS) is 15.2. The van der Waals surface area contributed by atoms with Crippen molar-refractivity contribution < 1.29 is 27.5 Å². The Bertz CT molecular complexity index is 1210. The zero-order chi connectivity index (χ0) is 23.8. The molecule has 34 heavy (non-hydrogen) atoms. The third-order valence-corrected chi connectivity index (χ3v) is 5.58. The van der Waals surface area contributed by atoms with E-state index < -0.39 is 6.36 Å². The number of nitrogens with zero attached hydrogens (tertiary/aromatic N) is 1. The maximum Gasteiger partial charge on any atom is 0.573 e. The van der Waals surface area contributed by atoms with E-state index in [1.165, 1.54) is 25.1 Å². The molecule has 2 aromatic carbocycles. The number of ketones is 1. The summed E-state index contributed by atoms with van der Waals surface area (Å²) in [6, 6.07) is 14.1. The lowest BCUT2D eigenvalue weighted by Crippen LogP contribution is -2.39. The first kappa shape index (κ1) is 25.3. The number of rotatable bonds is 6. The van der Waals surface area contributed by atoms with Crippen LogP contribution in [0.3, 0.4) is 0 Å². The van der Waals surface area contributed by atoms with Crippen LogP contribution in [0, 0.1) is 0 Å². The number of ether oxygens (including phenoxy) is 1. The van der Waals surface area contributed by atoms with Crippen LogP contribution in [0.2, 0.25) is 0 Å². The predicted molar refractivity (Wildman–Crippen MR) is 124 cm³/mol. The van der Waals surface area contributed by atoms with Crippen LogP contribution in [-0.4, -0.2) is 35.7 Å². The van der Waals surface area contributed by atoms with E-state index in [0.717, 1.165) is 5.56 Å². The average Bonchev–Trinajstić information content (AvgIpc) is 3.17. The minimum atomic E-state index is -4.82. The number of carbonyl (C=O) groups is 2. The smallest absolute Gasteiger partial charge is 0.406 e. The number of alkyl halides is 3. The maximum absolute atomic E-state index is 12.8. The molecule has 0 bridgehead atoms. The van der Waals surface area contributed by atoms with E-state index in [2.05, 4.69) is 10.1 Å². The van der Waals surface area contributed by atoms with Gasteiger partial charge in [-0.1, -0.05) is 36.4 Å². The topological polar surface area (TPSA) is 86.3 Å². The number of fused-ring (bicyclic) bond motifs is 1. The number of benzene rings is 2. The molecular formula is C24H23ClF3N3O3. The maximum atomic E-state index is 12.8. The van der Waals surface area contributed by atoms with Gasteiger partial charge in [0.2, 0.25) is 0 Å². The molecule has 180 valence electrons. The summed E-state index contributed by atoms with van der Waals surface area (Å²) in [5, 5.41) is 2.85. The van der Waals surface area contributed by atoms with Gasteiger partial charge in [0.25, 0.3) is 5.91 Å². The SMILES string of the molecule is CC(=O)c1ccc(-c2c(-c3cccc(OC(F)(F)F)c3)cc3n2[C@@H](CCN)CNC3=O)cc1.Cl. The van der Waals surface area contributed by atoms with E-state index >= 15 is 0 Å². The second kappa shape index (κ2) is 9.90. The van der Waals surface area contributed by atoms with E-state index in [1.54, 1.807) is 36.4 Å². The number of Topliss-reactive ketones (excluding diaryl/α,β-unsaturated/α-hetero) is 1. The highest BCUT2D eigenvalue weighted by Gasteiger charge is 2.32. The number of halogens is 4. The van der Waals surface area contributed by atoms with E-state index in [0.29, 0.717) is 47.6 Å². The van der Waals surface area contributed by atoms with Crippen molar-refractivity contribution in [2.75, 3.05) is 13.1 Å². The van der Waals surface area contributed by atoms with Crippen LogP contribution in [0.15, 0.2) is 54.6 Å². The van der Waals surface area contributed by atoms with Crippen molar-refractivity contribution in [3.8, 4) is 28.1 Å². The van der Waals surface area contributed by atoms with Gasteiger partial charge in [0, 0.05) is 17.7 Å². The summed E-state index contributed by atoms with van der Waals surface area (Å²) in [4.78, 5) is 24.4. The summed E-state index contributed by atoms with van der Waals surface area (Å²) in [5.41, 5.74) is 9.15. The Labute approximate surface area is 200 Å².